The third-order valence-electron chi connectivity index (χ3n) is 3.43. The number of nitrogens with one attached hydrogen (secondary N) is 2. The first-order valence-electron chi connectivity index (χ1n) is 6.98. The molecule has 1 heterocycles. The van der Waals surface area contributed by atoms with Crippen LogP contribution in [0, 0.1) is 0 Å². The molecule has 0 aromatic rings. The molecule has 2 N–H and O–H groups in total. The molecule has 0 radical (unpaired) electrons. The Hall–Kier alpha value is -0.610. The smallest absolute Gasteiger partial charge is 0.221 e. The van der Waals surface area contributed by atoms with E-state index in [1.165, 1.54) is 32.4 Å². The topological polar surface area (TPSA) is 44.4 Å². The van der Waals surface area contributed by atoms with Crippen molar-refractivity contribution in [3.8, 4) is 0 Å². The summed E-state index contributed by atoms with van der Waals surface area (Å²) in [6.07, 6.45) is 4.32. The van der Waals surface area contributed by atoms with Gasteiger partial charge in [0.1, 0.15) is 0 Å². The lowest BCUT2D eigenvalue weighted by Gasteiger charge is -2.18. The van der Waals surface area contributed by atoms with Crippen LogP contribution >= 0.6 is 0 Å². The molecule has 100 valence electrons. The normalized spacial score (nSPS) is 22.1. The molecule has 4 heteroatoms. The number of amides is 1. The quantitative estimate of drug-likeness (QED) is 0.728. The maximum atomic E-state index is 11.3. The van der Waals surface area contributed by atoms with Crippen molar-refractivity contribution in [2.75, 3.05) is 32.7 Å². The molecule has 1 amide bonds. The van der Waals surface area contributed by atoms with E-state index in [1.54, 1.807) is 0 Å². The summed E-state index contributed by atoms with van der Waals surface area (Å²) in [6.45, 7) is 9.29. The molecule has 1 rings (SSSR count). The molecule has 0 aliphatic carbocycles. The van der Waals surface area contributed by atoms with Crippen LogP contribution in [0.5, 0.6) is 0 Å². The lowest BCUT2D eigenvalue weighted by molar-refractivity contribution is -0.120. The van der Waals surface area contributed by atoms with E-state index in [4.69, 9.17) is 0 Å². The highest BCUT2D eigenvalue weighted by Crippen LogP contribution is 2.10. The molecule has 1 aliphatic heterocycles. The first kappa shape index (κ1) is 14.5. The monoisotopic (exact) mass is 241 g/mol. The zero-order chi connectivity index (χ0) is 12.5. The maximum absolute atomic E-state index is 11.3. The minimum Gasteiger partial charge on any atom is -0.356 e. The number of carbonyl (C=O) groups excluding carboxylic acids is 1. The Bertz CT molecular complexity index is 221. The molecule has 1 atom stereocenters. The average molecular weight is 241 g/mol. The molecule has 0 spiro atoms. The fourth-order valence-corrected chi connectivity index (χ4v) is 2.35. The summed E-state index contributed by atoms with van der Waals surface area (Å²) in [5, 5.41) is 6.33. The predicted octanol–water partition coefficient (Wildman–Crippen LogP) is 0.977. The van der Waals surface area contributed by atoms with Crippen LogP contribution in [-0.2, 0) is 4.79 Å². The Balaban J connectivity index is 2.12. The van der Waals surface area contributed by atoms with Gasteiger partial charge in [0.25, 0.3) is 0 Å². The van der Waals surface area contributed by atoms with Crippen LogP contribution in [0.3, 0.4) is 0 Å². The Morgan fingerprint density at radius 1 is 1.29 bits per heavy atom. The van der Waals surface area contributed by atoms with Gasteiger partial charge in [-0.1, -0.05) is 6.92 Å². The third kappa shape index (κ3) is 6.03. The van der Waals surface area contributed by atoms with Gasteiger partial charge >= 0.3 is 0 Å². The average Bonchev–Trinajstić information content (AvgIpc) is 2.55. The molecule has 1 saturated heterocycles. The summed E-state index contributed by atoms with van der Waals surface area (Å²) in [7, 11) is 0. The SMILES string of the molecule is CCNC(=O)CCNC1CCCN(CC)CC1. The number of hydrogen-bond acceptors (Lipinski definition) is 3. The molecule has 0 aromatic heterocycles. The van der Waals surface area contributed by atoms with Gasteiger partial charge in [-0.15, -0.1) is 0 Å². The fraction of sp³-hybridized carbons (Fsp3) is 0.923. The van der Waals surface area contributed by atoms with Crippen LogP contribution in [0.15, 0.2) is 0 Å². The van der Waals surface area contributed by atoms with Crippen LogP contribution in [0.1, 0.15) is 39.5 Å². The molecule has 1 aliphatic rings. The predicted molar refractivity (Wildman–Crippen MR) is 71.1 cm³/mol. The van der Waals surface area contributed by atoms with E-state index in [2.05, 4.69) is 22.5 Å². The van der Waals surface area contributed by atoms with Crippen LogP contribution in [0.2, 0.25) is 0 Å². The standard InChI is InChI=1S/C13H27N3O/c1-3-14-13(17)7-9-15-12-6-5-10-16(4-2)11-8-12/h12,15H,3-11H2,1-2H3,(H,14,17). The van der Waals surface area contributed by atoms with Gasteiger partial charge in [-0.25, -0.2) is 0 Å². The molecule has 4 nitrogen and oxygen atoms in total. The van der Waals surface area contributed by atoms with Crippen molar-refractivity contribution in [1.82, 2.24) is 15.5 Å². The van der Waals surface area contributed by atoms with Crippen LogP contribution in [0.25, 0.3) is 0 Å². The van der Waals surface area contributed by atoms with Gasteiger partial charge in [0, 0.05) is 25.6 Å². The Labute approximate surface area is 105 Å². The minimum atomic E-state index is 0.156. The van der Waals surface area contributed by atoms with Crippen molar-refractivity contribution >= 4 is 5.91 Å². The van der Waals surface area contributed by atoms with Crippen LogP contribution < -0.4 is 10.6 Å². The number of carbonyl (C=O) groups is 1. The largest absolute Gasteiger partial charge is 0.356 e. The second-order valence-electron chi connectivity index (χ2n) is 4.72. The van der Waals surface area contributed by atoms with E-state index in [0.29, 0.717) is 12.5 Å². The first-order valence-corrected chi connectivity index (χ1v) is 6.98. The summed E-state index contributed by atoms with van der Waals surface area (Å²) in [6, 6.07) is 0.598. The van der Waals surface area contributed by atoms with Crippen molar-refractivity contribution in [3.05, 3.63) is 0 Å². The highest BCUT2D eigenvalue weighted by molar-refractivity contribution is 5.75. The number of likely N-dealkylation sites (tertiary alicyclic amines) is 1. The van der Waals surface area contributed by atoms with E-state index in [9.17, 15) is 4.79 Å². The molecular formula is C13H27N3O. The zero-order valence-electron chi connectivity index (χ0n) is 11.3. The van der Waals surface area contributed by atoms with Crippen LogP contribution in [0.4, 0.5) is 0 Å². The zero-order valence-corrected chi connectivity index (χ0v) is 11.3. The van der Waals surface area contributed by atoms with Crippen molar-refractivity contribution in [1.29, 1.82) is 0 Å². The molecule has 1 unspecified atom stereocenters. The fourth-order valence-electron chi connectivity index (χ4n) is 2.35. The van der Waals surface area contributed by atoms with Crippen LogP contribution in [-0.4, -0.2) is 49.6 Å². The maximum Gasteiger partial charge on any atom is 0.221 e. The minimum absolute atomic E-state index is 0.156. The van der Waals surface area contributed by atoms with Gasteiger partial charge in [-0.05, 0) is 45.8 Å². The van der Waals surface area contributed by atoms with E-state index in [1.807, 2.05) is 6.92 Å². The highest BCUT2D eigenvalue weighted by atomic mass is 16.1. The number of nitrogens with zero attached hydrogens (tertiary/aromatic N) is 1. The van der Waals surface area contributed by atoms with E-state index < -0.39 is 0 Å². The van der Waals surface area contributed by atoms with Gasteiger partial charge in [-0.2, -0.15) is 0 Å². The molecule has 17 heavy (non-hydrogen) atoms. The molecular weight excluding hydrogens is 214 g/mol. The molecule has 0 bridgehead atoms. The van der Waals surface area contributed by atoms with E-state index >= 15 is 0 Å². The number of hydrogen-bond donors (Lipinski definition) is 2. The molecule has 1 fully saturated rings. The van der Waals surface area contributed by atoms with E-state index in [0.717, 1.165) is 19.6 Å². The van der Waals surface area contributed by atoms with Gasteiger partial charge in [-0.3, -0.25) is 4.79 Å². The molecule has 0 saturated carbocycles. The van der Waals surface area contributed by atoms with Crippen molar-refractivity contribution in [2.24, 2.45) is 0 Å². The van der Waals surface area contributed by atoms with Crippen molar-refractivity contribution < 1.29 is 4.79 Å². The van der Waals surface area contributed by atoms with Crippen molar-refractivity contribution in [2.45, 2.75) is 45.6 Å². The Morgan fingerprint density at radius 2 is 2.12 bits per heavy atom. The summed E-state index contributed by atoms with van der Waals surface area (Å²) >= 11 is 0. The summed E-state index contributed by atoms with van der Waals surface area (Å²) in [5.41, 5.74) is 0. The third-order valence-corrected chi connectivity index (χ3v) is 3.43. The summed E-state index contributed by atoms with van der Waals surface area (Å²) < 4.78 is 0. The van der Waals surface area contributed by atoms with Gasteiger partial charge in [0.2, 0.25) is 5.91 Å². The van der Waals surface area contributed by atoms with Gasteiger partial charge < -0.3 is 15.5 Å². The summed E-state index contributed by atoms with van der Waals surface area (Å²) in [5.74, 6) is 0.156. The molecule has 0 aromatic carbocycles. The van der Waals surface area contributed by atoms with Crippen molar-refractivity contribution in [3.63, 3.8) is 0 Å². The second kappa shape index (κ2) is 8.48. The Morgan fingerprint density at radius 3 is 2.82 bits per heavy atom. The lowest BCUT2D eigenvalue weighted by Crippen LogP contribution is -2.34. The van der Waals surface area contributed by atoms with Gasteiger partial charge in [0.05, 0.1) is 0 Å². The second-order valence-corrected chi connectivity index (χ2v) is 4.72. The highest BCUT2D eigenvalue weighted by Gasteiger charge is 2.15. The first-order chi connectivity index (χ1) is 8.26. The van der Waals surface area contributed by atoms with Gasteiger partial charge in [0.15, 0.2) is 0 Å². The van der Waals surface area contributed by atoms with E-state index in [-0.39, 0.29) is 5.91 Å². The number of rotatable bonds is 6. The summed E-state index contributed by atoms with van der Waals surface area (Å²) in [4.78, 5) is 13.8. The lowest BCUT2D eigenvalue weighted by atomic mass is 10.1. The Kier molecular flexibility index (Phi) is 7.21.